The third-order valence-corrected chi connectivity index (χ3v) is 6.19. The van der Waals surface area contributed by atoms with Crippen LogP contribution in [-0.2, 0) is 0 Å². The Kier molecular flexibility index (Phi) is 4.19. The summed E-state index contributed by atoms with van der Waals surface area (Å²) in [6, 6.07) is 14.7. The van der Waals surface area contributed by atoms with E-state index in [-0.39, 0.29) is 11.6 Å². The van der Waals surface area contributed by atoms with Crippen molar-refractivity contribution in [1.82, 2.24) is 28.8 Å². The van der Waals surface area contributed by atoms with Crippen molar-refractivity contribution in [2.24, 2.45) is 0 Å². The molecule has 0 unspecified atom stereocenters. The predicted molar refractivity (Wildman–Crippen MR) is 123 cm³/mol. The minimum atomic E-state index is -0.207. The van der Waals surface area contributed by atoms with Gasteiger partial charge in [-0.1, -0.05) is 29.8 Å². The molecule has 5 aromatic rings. The summed E-state index contributed by atoms with van der Waals surface area (Å²) in [5.74, 6) is 1.87. The first kappa shape index (κ1) is 18.9. The van der Waals surface area contributed by atoms with Crippen LogP contribution in [0.4, 0.5) is 11.6 Å². The highest BCUT2D eigenvalue weighted by atomic mass is 35.5. The first-order valence-corrected chi connectivity index (χ1v) is 10.7. The Balaban J connectivity index is 1.60. The average Bonchev–Trinajstić information content (AvgIpc) is 3.53. The van der Waals surface area contributed by atoms with Crippen LogP contribution in [0.5, 0.6) is 0 Å². The molecule has 5 heterocycles. The van der Waals surface area contributed by atoms with Gasteiger partial charge in [0.1, 0.15) is 17.2 Å². The molecular weight excluding hydrogens is 428 g/mol. The molecule has 9 nitrogen and oxygen atoms in total. The average molecular weight is 447 g/mol. The van der Waals surface area contributed by atoms with Crippen LogP contribution in [0, 0.1) is 0 Å². The minimum Gasteiger partial charge on any atom is -0.384 e. The molecule has 0 aliphatic carbocycles. The topological polar surface area (TPSA) is 98.8 Å². The van der Waals surface area contributed by atoms with E-state index in [1.807, 2.05) is 42.5 Å². The van der Waals surface area contributed by atoms with Crippen LogP contribution in [0.15, 0.2) is 65.7 Å². The first-order valence-electron chi connectivity index (χ1n) is 10.3. The molecule has 10 heteroatoms. The number of nitrogens with two attached hydrogens (primary N) is 1. The number of nitrogen functional groups attached to an aromatic ring is 1. The fraction of sp³-hybridized carbons (Fsp3) is 0.182. The maximum absolute atomic E-state index is 13.6. The van der Waals surface area contributed by atoms with Gasteiger partial charge in [0, 0.05) is 24.9 Å². The summed E-state index contributed by atoms with van der Waals surface area (Å²) < 4.78 is 5.00. The largest absolute Gasteiger partial charge is 0.384 e. The zero-order valence-electron chi connectivity index (χ0n) is 17.0. The zero-order valence-corrected chi connectivity index (χ0v) is 17.7. The standard InChI is InChI=1S/C22H19ClN8O/c23-15-9-12-29-20(15)22(32)30(14-5-2-1-3-6-14)21(27-29)16-7-4-11-28(16)19-13-17(24)26-18-8-10-25-31(18)19/h1-3,5-6,8-10,12-13,16H,4,7,11H2,(H2,24,26)/t16-/m0/s1. The van der Waals surface area contributed by atoms with E-state index in [1.54, 1.807) is 32.1 Å². The van der Waals surface area contributed by atoms with Crippen molar-refractivity contribution in [3.63, 3.8) is 0 Å². The molecule has 2 N–H and O–H groups in total. The van der Waals surface area contributed by atoms with Gasteiger partial charge in [0.05, 0.1) is 22.9 Å². The smallest absolute Gasteiger partial charge is 0.284 e. The van der Waals surface area contributed by atoms with Crippen molar-refractivity contribution < 1.29 is 0 Å². The third-order valence-electron chi connectivity index (χ3n) is 5.88. The van der Waals surface area contributed by atoms with Crippen molar-refractivity contribution in [2.45, 2.75) is 18.9 Å². The number of anilines is 2. The number of hydrogen-bond acceptors (Lipinski definition) is 6. The maximum atomic E-state index is 13.6. The lowest BCUT2D eigenvalue weighted by Crippen LogP contribution is -2.33. The lowest BCUT2D eigenvalue weighted by molar-refractivity contribution is 0.597. The predicted octanol–water partition coefficient (Wildman–Crippen LogP) is 3.11. The van der Waals surface area contributed by atoms with Crippen molar-refractivity contribution in [3.8, 4) is 5.69 Å². The van der Waals surface area contributed by atoms with Crippen molar-refractivity contribution >= 4 is 34.4 Å². The highest BCUT2D eigenvalue weighted by molar-refractivity contribution is 6.33. The highest BCUT2D eigenvalue weighted by Crippen LogP contribution is 2.36. The normalized spacial score (nSPS) is 16.4. The Bertz CT molecular complexity index is 1520. The Morgan fingerprint density at radius 1 is 1.12 bits per heavy atom. The molecule has 160 valence electrons. The van der Waals surface area contributed by atoms with Crippen molar-refractivity contribution in [3.05, 3.63) is 82.1 Å². The quantitative estimate of drug-likeness (QED) is 0.457. The number of fused-ring (bicyclic) bond motifs is 2. The SMILES string of the molecule is Nc1cc(N2CCC[C@H]2c2nn3ccc(Cl)c3c(=O)n2-c2ccccc2)n2nccc2n1. The van der Waals surface area contributed by atoms with Gasteiger partial charge >= 0.3 is 0 Å². The van der Waals surface area contributed by atoms with Gasteiger partial charge in [-0.15, -0.1) is 0 Å². The summed E-state index contributed by atoms with van der Waals surface area (Å²) in [6.07, 6.45) is 5.17. The molecule has 32 heavy (non-hydrogen) atoms. The van der Waals surface area contributed by atoms with Gasteiger partial charge in [0.2, 0.25) is 0 Å². The Morgan fingerprint density at radius 2 is 1.97 bits per heavy atom. The van der Waals surface area contributed by atoms with E-state index in [0.29, 0.717) is 27.8 Å². The van der Waals surface area contributed by atoms with Gasteiger partial charge in [-0.3, -0.25) is 9.36 Å². The molecule has 1 aromatic carbocycles. The molecule has 0 amide bonds. The van der Waals surface area contributed by atoms with E-state index in [9.17, 15) is 4.79 Å². The summed E-state index contributed by atoms with van der Waals surface area (Å²) in [7, 11) is 0. The van der Waals surface area contributed by atoms with Gasteiger partial charge in [0.25, 0.3) is 5.56 Å². The Morgan fingerprint density at radius 3 is 2.81 bits per heavy atom. The summed E-state index contributed by atoms with van der Waals surface area (Å²) in [5.41, 5.74) is 7.65. The summed E-state index contributed by atoms with van der Waals surface area (Å²) >= 11 is 6.33. The number of hydrogen-bond donors (Lipinski definition) is 1. The van der Waals surface area contributed by atoms with E-state index in [0.717, 1.165) is 30.9 Å². The van der Waals surface area contributed by atoms with Gasteiger partial charge in [-0.05, 0) is 31.0 Å². The molecule has 0 bridgehead atoms. The second-order valence-electron chi connectivity index (χ2n) is 7.78. The lowest BCUT2D eigenvalue weighted by atomic mass is 10.2. The first-order chi connectivity index (χ1) is 15.6. The molecular formula is C22H19ClN8O. The van der Waals surface area contributed by atoms with Crippen molar-refractivity contribution in [2.75, 3.05) is 17.2 Å². The number of rotatable bonds is 3. The Labute approximate surface area is 187 Å². The second kappa shape index (κ2) is 7.10. The maximum Gasteiger partial charge on any atom is 0.284 e. The van der Waals surface area contributed by atoms with E-state index < -0.39 is 0 Å². The molecule has 0 saturated carbocycles. The number of benzene rings is 1. The molecule has 1 atom stereocenters. The number of aromatic nitrogens is 6. The molecule has 1 fully saturated rings. The number of nitrogens with zero attached hydrogens (tertiary/aromatic N) is 7. The van der Waals surface area contributed by atoms with Crippen LogP contribution in [-0.4, -0.2) is 35.3 Å². The van der Waals surface area contributed by atoms with E-state index in [1.165, 1.54) is 0 Å². The van der Waals surface area contributed by atoms with Crippen molar-refractivity contribution in [1.29, 1.82) is 0 Å². The van der Waals surface area contributed by atoms with Crippen LogP contribution < -0.4 is 16.2 Å². The molecule has 1 aliphatic heterocycles. The van der Waals surface area contributed by atoms with E-state index >= 15 is 0 Å². The van der Waals surface area contributed by atoms with E-state index in [2.05, 4.69) is 15.0 Å². The molecule has 1 saturated heterocycles. The van der Waals surface area contributed by atoms with Crippen LogP contribution in [0.2, 0.25) is 5.02 Å². The summed E-state index contributed by atoms with van der Waals surface area (Å²) in [5, 5.41) is 9.66. The monoisotopic (exact) mass is 446 g/mol. The number of para-hydroxylation sites is 1. The summed E-state index contributed by atoms with van der Waals surface area (Å²) in [4.78, 5) is 20.1. The zero-order chi connectivity index (χ0) is 21.8. The van der Waals surface area contributed by atoms with Gasteiger partial charge in [-0.2, -0.15) is 14.7 Å². The Hall–Kier alpha value is -3.85. The third kappa shape index (κ3) is 2.78. The minimum absolute atomic E-state index is 0.164. The van der Waals surface area contributed by atoms with Gasteiger partial charge in [-0.25, -0.2) is 9.50 Å². The fourth-order valence-corrected chi connectivity index (χ4v) is 4.74. The van der Waals surface area contributed by atoms with Crippen LogP contribution in [0.25, 0.3) is 16.9 Å². The number of halogens is 1. The van der Waals surface area contributed by atoms with Gasteiger partial charge in [0.15, 0.2) is 11.5 Å². The molecule has 6 rings (SSSR count). The lowest BCUT2D eigenvalue weighted by Gasteiger charge is -2.28. The molecule has 0 spiro atoms. The second-order valence-corrected chi connectivity index (χ2v) is 8.19. The molecule has 0 radical (unpaired) electrons. The van der Waals surface area contributed by atoms with Crippen LogP contribution in [0.3, 0.4) is 0 Å². The summed E-state index contributed by atoms with van der Waals surface area (Å²) in [6.45, 7) is 0.776. The van der Waals surface area contributed by atoms with Crippen LogP contribution >= 0.6 is 11.6 Å². The molecule has 4 aromatic heterocycles. The van der Waals surface area contributed by atoms with Gasteiger partial charge < -0.3 is 10.6 Å². The van der Waals surface area contributed by atoms with E-state index in [4.69, 9.17) is 22.4 Å². The fourth-order valence-electron chi connectivity index (χ4n) is 4.52. The van der Waals surface area contributed by atoms with Crippen LogP contribution in [0.1, 0.15) is 24.7 Å². The highest BCUT2D eigenvalue weighted by Gasteiger charge is 2.33. The molecule has 1 aliphatic rings.